The second-order valence-electron chi connectivity index (χ2n) is 3.67. The van der Waals surface area contributed by atoms with E-state index in [4.69, 9.17) is 17.3 Å². The summed E-state index contributed by atoms with van der Waals surface area (Å²) >= 11 is 5.56. The van der Waals surface area contributed by atoms with Crippen LogP contribution in [0.2, 0.25) is 5.02 Å². The van der Waals surface area contributed by atoms with Gasteiger partial charge in [0.15, 0.2) is 0 Å². The van der Waals surface area contributed by atoms with E-state index >= 15 is 0 Å². The third-order valence-electron chi connectivity index (χ3n) is 2.38. The van der Waals surface area contributed by atoms with Gasteiger partial charge in [-0.1, -0.05) is 24.6 Å². The summed E-state index contributed by atoms with van der Waals surface area (Å²) in [7, 11) is 0. The molecule has 0 radical (unpaired) electrons. The number of benzene rings is 1. The fraction of sp³-hybridized carbons (Fsp3) is 0.455. The van der Waals surface area contributed by atoms with Gasteiger partial charge < -0.3 is 5.73 Å². The molecule has 0 aliphatic carbocycles. The third kappa shape index (κ3) is 3.39. The molecule has 90 valence electrons. The second-order valence-corrected chi connectivity index (χ2v) is 4.11. The minimum Gasteiger partial charge on any atom is -0.327 e. The van der Waals surface area contributed by atoms with Crippen molar-refractivity contribution >= 4 is 11.6 Å². The first kappa shape index (κ1) is 13.3. The summed E-state index contributed by atoms with van der Waals surface area (Å²) in [6.45, 7) is 1.84. The van der Waals surface area contributed by atoms with E-state index in [1.165, 1.54) is 12.1 Å². The lowest BCUT2D eigenvalue weighted by atomic mass is 9.99. The fourth-order valence-electron chi connectivity index (χ4n) is 1.42. The lowest BCUT2D eigenvalue weighted by Crippen LogP contribution is -2.23. The predicted octanol–water partition coefficient (Wildman–Crippen LogP) is 3.64. The number of hydrogen-bond donors (Lipinski definition) is 1. The summed E-state index contributed by atoms with van der Waals surface area (Å²) in [6, 6.07) is 3.52. The first-order chi connectivity index (χ1) is 7.34. The number of hydrogen-bond acceptors (Lipinski definition) is 1. The molecule has 0 amide bonds. The van der Waals surface area contributed by atoms with Gasteiger partial charge in [0.05, 0.1) is 5.56 Å². The van der Waals surface area contributed by atoms with Crippen LogP contribution in [0.25, 0.3) is 0 Å². The van der Waals surface area contributed by atoms with E-state index in [1.54, 1.807) is 0 Å². The number of halogens is 4. The highest BCUT2D eigenvalue weighted by molar-refractivity contribution is 6.30. The maximum Gasteiger partial charge on any atom is 0.416 e. The second kappa shape index (κ2) is 5.06. The molecular formula is C11H13ClF3N. The SMILES string of the molecule is CCC(N)Cc1ccc(Cl)cc1C(F)(F)F. The summed E-state index contributed by atoms with van der Waals surface area (Å²) in [5, 5.41) is 0.0844. The van der Waals surface area contributed by atoms with Crippen molar-refractivity contribution in [1.29, 1.82) is 0 Å². The van der Waals surface area contributed by atoms with Crippen molar-refractivity contribution in [3.05, 3.63) is 34.3 Å². The minimum atomic E-state index is -4.38. The molecule has 0 aliphatic rings. The van der Waals surface area contributed by atoms with Gasteiger partial charge in [0.1, 0.15) is 0 Å². The highest BCUT2D eigenvalue weighted by atomic mass is 35.5. The molecule has 0 saturated carbocycles. The molecule has 1 rings (SSSR count). The van der Waals surface area contributed by atoms with Crippen LogP contribution in [0, 0.1) is 0 Å². The average molecular weight is 252 g/mol. The summed E-state index contributed by atoms with van der Waals surface area (Å²) in [5.41, 5.74) is 5.16. The smallest absolute Gasteiger partial charge is 0.327 e. The Morgan fingerprint density at radius 2 is 2.00 bits per heavy atom. The van der Waals surface area contributed by atoms with Crippen LogP contribution in [-0.2, 0) is 12.6 Å². The topological polar surface area (TPSA) is 26.0 Å². The summed E-state index contributed by atoms with van der Waals surface area (Å²) in [4.78, 5) is 0. The van der Waals surface area contributed by atoms with Crippen molar-refractivity contribution in [3.63, 3.8) is 0 Å². The van der Waals surface area contributed by atoms with Crippen LogP contribution >= 0.6 is 11.6 Å². The minimum absolute atomic E-state index is 0.0844. The molecule has 1 aromatic carbocycles. The average Bonchev–Trinajstić information content (AvgIpc) is 2.19. The van der Waals surface area contributed by atoms with Gasteiger partial charge in [-0.3, -0.25) is 0 Å². The maximum atomic E-state index is 12.7. The Hall–Kier alpha value is -0.740. The Bertz CT molecular complexity index is 363. The third-order valence-corrected chi connectivity index (χ3v) is 2.62. The zero-order valence-electron chi connectivity index (χ0n) is 8.81. The molecule has 0 fully saturated rings. The molecule has 1 nitrogen and oxygen atoms in total. The van der Waals surface area contributed by atoms with Crippen molar-refractivity contribution in [2.45, 2.75) is 32.0 Å². The van der Waals surface area contributed by atoms with Crippen molar-refractivity contribution in [1.82, 2.24) is 0 Å². The maximum absolute atomic E-state index is 12.7. The Kier molecular flexibility index (Phi) is 4.21. The number of nitrogens with two attached hydrogens (primary N) is 1. The van der Waals surface area contributed by atoms with E-state index in [9.17, 15) is 13.2 Å². The van der Waals surface area contributed by atoms with E-state index in [0.717, 1.165) is 6.07 Å². The molecule has 2 N–H and O–H groups in total. The van der Waals surface area contributed by atoms with Crippen molar-refractivity contribution in [3.8, 4) is 0 Å². The van der Waals surface area contributed by atoms with Gasteiger partial charge in [-0.25, -0.2) is 0 Å². The number of alkyl halides is 3. The summed E-state index contributed by atoms with van der Waals surface area (Å²) < 4.78 is 38.0. The molecule has 0 saturated heterocycles. The molecule has 0 aromatic heterocycles. The summed E-state index contributed by atoms with van der Waals surface area (Å²) in [5.74, 6) is 0. The molecule has 1 aromatic rings. The van der Waals surface area contributed by atoms with E-state index in [1.807, 2.05) is 6.92 Å². The van der Waals surface area contributed by atoms with E-state index in [0.29, 0.717) is 6.42 Å². The molecule has 0 bridgehead atoms. The Labute approximate surface area is 97.4 Å². The van der Waals surface area contributed by atoms with Gasteiger partial charge in [-0.15, -0.1) is 0 Å². The lowest BCUT2D eigenvalue weighted by molar-refractivity contribution is -0.138. The fourth-order valence-corrected chi connectivity index (χ4v) is 1.59. The molecule has 1 unspecified atom stereocenters. The van der Waals surface area contributed by atoms with Gasteiger partial charge in [0, 0.05) is 11.1 Å². The van der Waals surface area contributed by atoms with Gasteiger partial charge >= 0.3 is 6.18 Å². The first-order valence-electron chi connectivity index (χ1n) is 4.95. The zero-order valence-corrected chi connectivity index (χ0v) is 9.57. The zero-order chi connectivity index (χ0) is 12.3. The Morgan fingerprint density at radius 3 is 2.50 bits per heavy atom. The van der Waals surface area contributed by atoms with Crippen LogP contribution in [0.5, 0.6) is 0 Å². The first-order valence-corrected chi connectivity index (χ1v) is 5.33. The highest BCUT2D eigenvalue weighted by Crippen LogP contribution is 2.34. The van der Waals surface area contributed by atoms with E-state index in [2.05, 4.69) is 0 Å². The molecular weight excluding hydrogens is 239 g/mol. The molecule has 0 aliphatic heterocycles. The largest absolute Gasteiger partial charge is 0.416 e. The van der Waals surface area contributed by atoms with E-state index < -0.39 is 11.7 Å². The summed E-state index contributed by atoms with van der Waals surface area (Å²) in [6.07, 6.45) is -3.53. The van der Waals surface area contributed by atoms with Gasteiger partial charge in [-0.2, -0.15) is 13.2 Å². The predicted molar refractivity (Wildman–Crippen MR) is 58.4 cm³/mol. The molecule has 0 spiro atoms. The molecule has 5 heteroatoms. The van der Waals surface area contributed by atoms with Crippen LogP contribution in [0.1, 0.15) is 24.5 Å². The quantitative estimate of drug-likeness (QED) is 0.872. The molecule has 16 heavy (non-hydrogen) atoms. The van der Waals surface area contributed by atoms with Crippen LogP contribution in [0.3, 0.4) is 0 Å². The van der Waals surface area contributed by atoms with Crippen molar-refractivity contribution in [2.24, 2.45) is 5.73 Å². The van der Waals surface area contributed by atoms with E-state index in [-0.39, 0.29) is 23.0 Å². The van der Waals surface area contributed by atoms with Gasteiger partial charge in [-0.05, 0) is 30.5 Å². The Balaban J connectivity index is 3.08. The number of rotatable bonds is 3. The van der Waals surface area contributed by atoms with Crippen molar-refractivity contribution < 1.29 is 13.2 Å². The standard InChI is InChI=1S/C11H13ClF3N/c1-2-9(16)5-7-3-4-8(12)6-10(7)11(13,14)15/h3-4,6,9H,2,5,16H2,1H3. The van der Waals surface area contributed by atoms with Crippen LogP contribution in [-0.4, -0.2) is 6.04 Å². The monoisotopic (exact) mass is 251 g/mol. The van der Waals surface area contributed by atoms with Gasteiger partial charge in [0.25, 0.3) is 0 Å². The Morgan fingerprint density at radius 1 is 1.38 bits per heavy atom. The normalized spacial score (nSPS) is 13.9. The van der Waals surface area contributed by atoms with Gasteiger partial charge in [0.2, 0.25) is 0 Å². The van der Waals surface area contributed by atoms with Crippen LogP contribution in [0.4, 0.5) is 13.2 Å². The van der Waals surface area contributed by atoms with Crippen LogP contribution < -0.4 is 5.73 Å². The highest BCUT2D eigenvalue weighted by Gasteiger charge is 2.33. The molecule has 0 heterocycles. The molecule has 1 atom stereocenters. The van der Waals surface area contributed by atoms with Crippen LogP contribution in [0.15, 0.2) is 18.2 Å². The van der Waals surface area contributed by atoms with Crippen molar-refractivity contribution in [2.75, 3.05) is 0 Å². The lowest BCUT2D eigenvalue weighted by Gasteiger charge is -2.15.